The van der Waals surface area contributed by atoms with E-state index in [9.17, 15) is 0 Å². The maximum Gasteiger partial charge on any atom is 0.182 e. The van der Waals surface area contributed by atoms with E-state index in [0.29, 0.717) is 23.0 Å². The Labute approximate surface area is 143 Å². The normalized spacial score (nSPS) is 11.0. The molecule has 0 aliphatic heterocycles. The number of fused-ring (bicyclic) bond motifs is 3. The van der Waals surface area contributed by atoms with Gasteiger partial charge >= 0.3 is 0 Å². The van der Waals surface area contributed by atoms with E-state index >= 15 is 0 Å². The Morgan fingerprint density at radius 1 is 0.880 bits per heavy atom. The maximum absolute atomic E-state index is 5.39. The van der Waals surface area contributed by atoms with Crippen molar-refractivity contribution in [1.29, 1.82) is 0 Å². The van der Waals surface area contributed by atoms with Crippen LogP contribution in [0.4, 0.5) is 0 Å². The fourth-order valence-corrected chi connectivity index (χ4v) is 2.72. The molecule has 7 nitrogen and oxygen atoms in total. The van der Waals surface area contributed by atoms with E-state index < -0.39 is 0 Å². The summed E-state index contributed by atoms with van der Waals surface area (Å²) in [6.45, 7) is 0. The van der Waals surface area contributed by atoms with Crippen molar-refractivity contribution in [3.05, 3.63) is 42.7 Å². The smallest absolute Gasteiger partial charge is 0.182 e. The molecular weight excluding hydrogens is 320 g/mol. The lowest BCUT2D eigenvalue weighted by atomic mass is 10.2. The summed E-state index contributed by atoms with van der Waals surface area (Å²) in [5.41, 5.74) is 2.37. The third-order valence-electron chi connectivity index (χ3n) is 4.03. The highest BCUT2D eigenvalue weighted by Gasteiger charge is 2.13. The minimum atomic E-state index is 0.617. The average Bonchev–Trinajstić information content (AvgIpc) is 3.11. The highest BCUT2D eigenvalue weighted by atomic mass is 16.5. The van der Waals surface area contributed by atoms with Gasteiger partial charge in [-0.15, -0.1) is 5.10 Å². The predicted molar refractivity (Wildman–Crippen MR) is 93.4 cm³/mol. The number of hydrogen-bond donors (Lipinski definition) is 0. The lowest BCUT2D eigenvalue weighted by Gasteiger charge is -2.08. The second kappa shape index (κ2) is 5.94. The molecule has 0 unspecified atom stereocenters. The van der Waals surface area contributed by atoms with Gasteiger partial charge in [0, 0.05) is 17.0 Å². The molecule has 2 heterocycles. The van der Waals surface area contributed by atoms with Crippen LogP contribution in [0.3, 0.4) is 0 Å². The van der Waals surface area contributed by atoms with Crippen LogP contribution < -0.4 is 14.2 Å². The first-order valence-corrected chi connectivity index (χ1v) is 7.65. The van der Waals surface area contributed by atoms with Gasteiger partial charge in [0.05, 0.1) is 26.8 Å². The van der Waals surface area contributed by atoms with Gasteiger partial charge in [0.15, 0.2) is 23.0 Å². The second-order valence-corrected chi connectivity index (χ2v) is 5.40. The molecule has 25 heavy (non-hydrogen) atoms. The highest BCUT2D eigenvalue weighted by molar-refractivity contribution is 5.93. The van der Waals surface area contributed by atoms with Crippen LogP contribution in [0, 0.1) is 0 Å². The second-order valence-electron chi connectivity index (χ2n) is 5.40. The van der Waals surface area contributed by atoms with Crippen LogP contribution >= 0.6 is 0 Å². The Morgan fingerprint density at radius 3 is 2.28 bits per heavy atom. The number of methoxy groups -OCH3 is 3. The molecule has 0 N–H and O–H groups in total. The van der Waals surface area contributed by atoms with Crippen LogP contribution in [-0.4, -0.2) is 40.9 Å². The first-order valence-electron chi connectivity index (χ1n) is 7.65. The van der Waals surface area contributed by atoms with E-state index in [1.807, 2.05) is 36.4 Å². The zero-order chi connectivity index (χ0) is 17.4. The summed E-state index contributed by atoms with van der Waals surface area (Å²) >= 11 is 0. The Balaban J connectivity index is 1.90. The molecule has 4 aromatic rings. The van der Waals surface area contributed by atoms with Gasteiger partial charge in [-0.3, -0.25) is 0 Å². The third kappa shape index (κ3) is 2.50. The van der Waals surface area contributed by atoms with Gasteiger partial charge < -0.3 is 14.2 Å². The van der Waals surface area contributed by atoms with Gasteiger partial charge in [-0.25, -0.2) is 14.5 Å². The highest BCUT2D eigenvalue weighted by Crippen LogP contribution is 2.33. The molecular formula is C18H16N4O3. The van der Waals surface area contributed by atoms with Crippen LogP contribution in [-0.2, 0) is 0 Å². The lowest BCUT2D eigenvalue weighted by molar-refractivity contribution is 0.356. The number of benzene rings is 2. The zero-order valence-corrected chi connectivity index (χ0v) is 14.1. The first-order chi connectivity index (χ1) is 12.2. The molecule has 126 valence electrons. The van der Waals surface area contributed by atoms with E-state index in [2.05, 4.69) is 15.1 Å². The topological polar surface area (TPSA) is 70.8 Å². The molecule has 0 bridgehead atoms. The molecule has 0 aliphatic rings. The zero-order valence-electron chi connectivity index (χ0n) is 14.1. The van der Waals surface area contributed by atoms with Gasteiger partial charge in [0.1, 0.15) is 12.1 Å². The molecule has 0 spiro atoms. The molecule has 0 fully saturated rings. The average molecular weight is 336 g/mol. The van der Waals surface area contributed by atoms with Crippen LogP contribution in [0.5, 0.6) is 17.2 Å². The van der Waals surface area contributed by atoms with Gasteiger partial charge in [0.2, 0.25) is 0 Å². The van der Waals surface area contributed by atoms with E-state index in [1.54, 1.807) is 32.2 Å². The lowest BCUT2D eigenvalue weighted by Crippen LogP contribution is -1.95. The summed E-state index contributed by atoms with van der Waals surface area (Å²) in [5.74, 6) is 2.66. The summed E-state index contributed by atoms with van der Waals surface area (Å²) in [5, 5.41) is 5.36. The summed E-state index contributed by atoms with van der Waals surface area (Å²) in [4.78, 5) is 9.10. The standard InChI is InChI=1S/C18H16N4O3/c1-23-12-6-4-11(5-7-12)17-20-18-13-8-15(24-2)16(25-3)9-14(13)19-10-22(18)21-17/h4-10H,1-3H3. The quantitative estimate of drug-likeness (QED) is 0.570. The van der Waals surface area contributed by atoms with Gasteiger partial charge in [-0.2, -0.15) is 0 Å². The summed E-state index contributed by atoms with van der Waals surface area (Å²) < 4.78 is 17.6. The van der Waals surface area contributed by atoms with E-state index in [1.165, 1.54) is 0 Å². The monoisotopic (exact) mass is 336 g/mol. The van der Waals surface area contributed by atoms with Gasteiger partial charge in [-0.1, -0.05) is 0 Å². The minimum absolute atomic E-state index is 0.617. The van der Waals surface area contributed by atoms with Crippen molar-refractivity contribution in [3.63, 3.8) is 0 Å². The number of hydrogen-bond acceptors (Lipinski definition) is 6. The molecule has 0 amide bonds. The maximum atomic E-state index is 5.39. The van der Waals surface area contributed by atoms with Gasteiger partial charge in [-0.05, 0) is 30.3 Å². The van der Waals surface area contributed by atoms with E-state index in [-0.39, 0.29) is 0 Å². The molecule has 0 radical (unpaired) electrons. The molecule has 2 aromatic heterocycles. The largest absolute Gasteiger partial charge is 0.497 e. The molecule has 0 saturated carbocycles. The van der Waals surface area contributed by atoms with Crippen molar-refractivity contribution in [2.45, 2.75) is 0 Å². The molecule has 0 aliphatic carbocycles. The van der Waals surface area contributed by atoms with Crippen molar-refractivity contribution in [3.8, 4) is 28.6 Å². The number of aromatic nitrogens is 4. The van der Waals surface area contributed by atoms with Crippen LogP contribution in [0.2, 0.25) is 0 Å². The molecule has 4 rings (SSSR count). The Kier molecular flexibility index (Phi) is 3.61. The van der Waals surface area contributed by atoms with E-state index in [4.69, 9.17) is 14.2 Å². The Morgan fingerprint density at radius 2 is 1.60 bits per heavy atom. The SMILES string of the molecule is COc1ccc(-c2nc3c4cc(OC)c(OC)cc4ncn3n2)cc1. The Bertz CT molecular complexity index is 1060. The van der Waals surface area contributed by atoms with Crippen molar-refractivity contribution in [2.75, 3.05) is 21.3 Å². The van der Waals surface area contributed by atoms with Crippen molar-refractivity contribution >= 4 is 16.6 Å². The fourth-order valence-electron chi connectivity index (χ4n) is 2.72. The summed E-state index contributed by atoms with van der Waals surface area (Å²) in [6.07, 6.45) is 1.64. The van der Waals surface area contributed by atoms with Crippen LogP contribution in [0.25, 0.3) is 27.9 Å². The number of ether oxygens (including phenoxy) is 3. The Hall–Kier alpha value is -3.35. The third-order valence-corrected chi connectivity index (χ3v) is 4.03. The van der Waals surface area contributed by atoms with E-state index in [0.717, 1.165) is 22.2 Å². The summed E-state index contributed by atoms with van der Waals surface area (Å²) in [7, 11) is 4.84. The minimum Gasteiger partial charge on any atom is -0.497 e. The summed E-state index contributed by atoms with van der Waals surface area (Å²) in [6, 6.07) is 11.3. The molecule has 0 saturated heterocycles. The fraction of sp³-hybridized carbons (Fsp3) is 0.167. The molecule has 0 atom stereocenters. The number of nitrogens with zero attached hydrogens (tertiary/aromatic N) is 4. The predicted octanol–water partition coefficient (Wildman–Crippen LogP) is 2.97. The van der Waals surface area contributed by atoms with Gasteiger partial charge in [0.25, 0.3) is 0 Å². The molecule has 7 heteroatoms. The van der Waals surface area contributed by atoms with Crippen LogP contribution in [0.15, 0.2) is 42.7 Å². The van der Waals surface area contributed by atoms with Crippen LogP contribution in [0.1, 0.15) is 0 Å². The first kappa shape index (κ1) is 15.2. The number of rotatable bonds is 4. The van der Waals surface area contributed by atoms with Crippen molar-refractivity contribution < 1.29 is 14.2 Å². The van der Waals surface area contributed by atoms with Crippen molar-refractivity contribution in [1.82, 2.24) is 19.6 Å². The molecule has 2 aromatic carbocycles. The van der Waals surface area contributed by atoms with Crippen molar-refractivity contribution in [2.24, 2.45) is 0 Å².